The molecule has 3 heteroatoms. The standard InChI is InChI=1S/C17H20N2S/c1-11(2)13-4-6-14(7-5-13)20-15-8-9-16(17(18)19)12(3)10-15/h4-11H,1-3H3,(H3,18,19). The minimum absolute atomic E-state index is 0.125. The Balaban J connectivity index is 2.17. The van der Waals surface area contributed by atoms with Gasteiger partial charge in [0.05, 0.1) is 0 Å². The van der Waals surface area contributed by atoms with Gasteiger partial charge in [0.1, 0.15) is 5.84 Å². The maximum Gasteiger partial charge on any atom is 0.123 e. The first-order chi connectivity index (χ1) is 9.47. The molecule has 2 aromatic rings. The number of nitrogens with two attached hydrogens (primary N) is 1. The Labute approximate surface area is 124 Å². The average molecular weight is 284 g/mol. The summed E-state index contributed by atoms with van der Waals surface area (Å²) in [4.78, 5) is 2.40. The lowest BCUT2D eigenvalue weighted by Gasteiger charge is -2.09. The van der Waals surface area contributed by atoms with Crippen molar-refractivity contribution in [1.29, 1.82) is 5.41 Å². The van der Waals surface area contributed by atoms with Crippen LogP contribution in [0.1, 0.15) is 36.5 Å². The number of rotatable bonds is 4. The Hall–Kier alpha value is -1.74. The second-order valence-corrected chi connectivity index (χ2v) is 6.36. The fraction of sp³-hybridized carbons (Fsp3) is 0.235. The molecule has 2 rings (SSSR count). The van der Waals surface area contributed by atoms with E-state index in [1.165, 1.54) is 15.4 Å². The van der Waals surface area contributed by atoms with Crippen LogP contribution in [0.25, 0.3) is 0 Å². The molecule has 3 N–H and O–H groups in total. The molecule has 0 aromatic heterocycles. The molecule has 0 unspecified atom stereocenters. The zero-order valence-corrected chi connectivity index (χ0v) is 12.9. The number of hydrogen-bond acceptors (Lipinski definition) is 2. The predicted octanol–water partition coefficient (Wildman–Crippen LogP) is 4.55. The van der Waals surface area contributed by atoms with E-state index in [4.69, 9.17) is 11.1 Å². The highest BCUT2D eigenvalue weighted by molar-refractivity contribution is 7.99. The molecule has 0 heterocycles. The fourth-order valence-corrected chi connectivity index (χ4v) is 2.97. The van der Waals surface area contributed by atoms with Gasteiger partial charge in [0, 0.05) is 15.4 Å². The number of aryl methyl sites for hydroxylation is 1. The van der Waals surface area contributed by atoms with Gasteiger partial charge in [-0.1, -0.05) is 37.7 Å². The molecule has 0 aliphatic heterocycles. The molecule has 0 amide bonds. The van der Waals surface area contributed by atoms with Gasteiger partial charge in [-0.15, -0.1) is 0 Å². The van der Waals surface area contributed by atoms with Crippen LogP contribution in [0.15, 0.2) is 52.3 Å². The summed E-state index contributed by atoms with van der Waals surface area (Å²) in [6.45, 7) is 6.39. The van der Waals surface area contributed by atoms with Gasteiger partial charge in [-0.3, -0.25) is 5.41 Å². The van der Waals surface area contributed by atoms with Crippen molar-refractivity contribution in [3.8, 4) is 0 Å². The van der Waals surface area contributed by atoms with Crippen LogP contribution in [0.3, 0.4) is 0 Å². The Kier molecular flexibility index (Phi) is 4.50. The van der Waals surface area contributed by atoms with Crippen LogP contribution in [0.4, 0.5) is 0 Å². The molecule has 0 radical (unpaired) electrons. The Morgan fingerprint density at radius 2 is 1.65 bits per heavy atom. The lowest BCUT2D eigenvalue weighted by Crippen LogP contribution is -2.12. The highest BCUT2D eigenvalue weighted by Gasteiger charge is 2.05. The fourth-order valence-electron chi connectivity index (χ4n) is 2.06. The Bertz CT molecular complexity index is 615. The van der Waals surface area contributed by atoms with E-state index < -0.39 is 0 Å². The van der Waals surface area contributed by atoms with Gasteiger partial charge in [-0.2, -0.15) is 0 Å². The van der Waals surface area contributed by atoms with Crippen LogP contribution in [0.5, 0.6) is 0 Å². The van der Waals surface area contributed by atoms with Crippen LogP contribution in [0.2, 0.25) is 0 Å². The van der Waals surface area contributed by atoms with Crippen molar-refractivity contribution >= 4 is 17.6 Å². The summed E-state index contributed by atoms with van der Waals surface area (Å²) < 4.78 is 0. The molecule has 0 saturated carbocycles. The van der Waals surface area contributed by atoms with E-state index in [-0.39, 0.29) is 5.84 Å². The number of amidine groups is 1. The summed E-state index contributed by atoms with van der Waals surface area (Å²) in [5.41, 5.74) is 8.75. The van der Waals surface area contributed by atoms with Crippen molar-refractivity contribution in [3.05, 3.63) is 59.2 Å². The zero-order chi connectivity index (χ0) is 14.7. The van der Waals surface area contributed by atoms with Gasteiger partial charge >= 0.3 is 0 Å². The molecule has 0 bridgehead atoms. The second-order valence-electron chi connectivity index (χ2n) is 5.22. The van der Waals surface area contributed by atoms with Crippen LogP contribution in [0, 0.1) is 12.3 Å². The van der Waals surface area contributed by atoms with E-state index in [0.29, 0.717) is 5.92 Å². The summed E-state index contributed by atoms with van der Waals surface area (Å²) >= 11 is 1.73. The van der Waals surface area contributed by atoms with Crippen molar-refractivity contribution in [3.63, 3.8) is 0 Å². The third-order valence-corrected chi connectivity index (χ3v) is 4.27. The third-order valence-electron chi connectivity index (χ3n) is 3.27. The Morgan fingerprint density at radius 1 is 1.05 bits per heavy atom. The van der Waals surface area contributed by atoms with Crippen molar-refractivity contribution in [2.45, 2.75) is 36.5 Å². The lowest BCUT2D eigenvalue weighted by atomic mass is 10.0. The van der Waals surface area contributed by atoms with Crippen molar-refractivity contribution in [1.82, 2.24) is 0 Å². The normalized spacial score (nSPS) is 10.8. The van der Waals surface area contributed by atoms with Crippen LogP contribution in [-0.4, -0.2) is 5.84 Å². The summed E-state index contributed by atoms with van der Waals surface area (Å²) in [5.74, 6) is 0.687. The molecule has 0 aliphatic rings. The minimum atomic E-state index is 0.125. The maximum absolute atomic E-state index is 7.50. The van der Waals surface area contributed by atoms with Crippen molar-refractivity contribution < 1.29 is 0 Å². The van der Waals surface area contributed by atoms with E-state index in [1.807, 2.05) is 19.1 Å². The summed E-state index contributed by atoms with van der Waals surface area (Å²) in [7, 11) is 0. The van der Waals surface area contributed by atoms with Gasteiger partial charge in [0.25, 0.3) is 0 Å². The molecule has 0 saturated heterocycles. The summed E-state index contributed by atoms with van der Waals surface area (Å²) in [5, 5.41) is 7.50. The van der Waals surface area contributed by atoms with Gasteiger partial charge in [0.15, 0.2) is 0 Å². The predicted molar refractivity (Wildman–Crippen MR) is 86.8 cm³/mol. The first-order valence-electron chi connectivity index (χ1n) is 6.70. The number of hydrogen-bond donors (Lipinski definition) is 2. The molecule has 20 heavy (non-hydrogen) atoms. The van der Waals surface area contributed by atoms with E-state index in [9.17, 15) is 0 Å². The molecule has 0 spiro atoms. The Morgan fingerprint density at radius 3 is 2.15 bits per heavy atom. The molecule has 0 aliphatic carbocycles. The van der Waals surface area contributed by atoms with Crippen LogP contribution in [-0.2, 0) is 0 Å². The highest BCUT2D eigenvalue weighted by atomic mass is 32.2. The average Bonchev–Trinajstić information content (AvgIpc) is 2.39. The van der Waals surface area contributed by atoms with Gasteiger partial charge in [0.2, 0.25) is 0 Å². The lowest BCUT2D eigenvalue weighted by molar-refractivity contribution is 0.865. The van der Waals surface area contributed by atoms with E-state index in [1.54, 1.807) is 11.8 Å². The summed E-state index contributed by atoms with van der Waals surface area (Å²) in [6, 6.07) is 14.7. The first kappa shape index (κ1) is 14.7. The molecule has 0 atom stereocenters. The quantitative estimate of drug-likeness (QED) is 0.639. The smallest absolute Gasteiger partial charge is 0.123 e. The molecule has 0 fully saturated rings. The number of benzene rings is 2. The SMILES string of the molecule is Cc1cc(Sc2ccc(C(C)C)cc2)ccc1C(=N)N. The van der Waals surface area contributed by atoms with Gasteiger partial charge in [-0.25, -0.2) is 0 Å². The minimum Gasteiger partial charge on any atom is -0.384 e. The highest BCUT2D eigenvalue weighted by Crippen LogP contribution is 2.30. The molecule has 2 aromatic carbocycles. The van der Waals surface area contributed by atoms with Crippen LogP contribution < -0.4 is 5.73 Å². The number of nitrogen functional groups attached to an aromatic ring is 1. The topological polar surface area (TPSA) is 49.9 Å². The number of nitrogens with one attached hydrogen (secondary N) is 1. The van der Waals surface area contributed by atoms with Crippen molar-refractivity contribution in [2.24, 2.45) is 5.73 Å². The van der Waals surface area contributed by atoms with E-state index >= 15 is 0 Å². The maximum atomic E-state index is 7.50. The van der Waals surface area contributed by atoms with E-state index in [2.05, 4.69) is 44.2 Å². The molecule has 104 valence electrons. The largest absolute Gasteiger partial charge is 0.384 e. The summed E-state index contributed by atoms with van der Waals surface area (Å²) in [6.07, 6.45) is 0. The molecule has 2 nitrogen and oxygen atoms in total. The van der Waals surface area contributed by atoms with E-state index in [0.717, 1.165) is 11.1 Å². The first-order valence-corrected chi connectivity index (χ1v) is 7.52. The monoisotopic (exact) mass is 284 g/mol. The van der Waals surface area contributed by atoms with Crippen molar-refractivity contribution in [2.75, 3.05) is 0 Å². The zero-order valence-electron chi connectivity index (χ0n) is 12.1. The third kappa shape index (κ3) is 3.42. The molecular formula is C17H20N2S. The van der Waals surface area contributed by atoms with Gasteiger partial charge < -0.3 is 5.73 Å². The van der Waals surface area contributed by atoms with Crippen LogP contribution >= 0.6 is 11.8 Å². The van der Waals surface area contributed by atoms with Gasteiger partial charge in [-0.05, 0) is 54.3 Å². The molecular weight excluding hydrogens is 264 g/mol. The second kappa shape index (κ2) is 6.14.